The van der Waals surface area contributed by atoms with Gasteiger partial charge in [-0.3, -0.25) is 0 Å². The minimum atomic E-state index is -0.537. The van der Waals surface area contributed by atoms with Crippen LogP contribution in [0.4, 0.5) is 4.39 Å². The van der Waals surface area contributed by atoms with Gasteiger partial charge >= 0.3 is 0 Å². The second kappa shape index (κ2) is 4.14. The molecule has 0 radical (unpaired) electrons. The van der Waals surface area contributed by atoms with Gasteiger partial charge in [0.15, 0.2) is 6.29 Å². The summed E-state index contributed by atoms with van der Waals surface area (Å²) in [7, 11) is 0. The Morgan fingerprint density at radius 2 is 2.00 bits per heavy atom. The van der Waals surface area contributed by atoms with Crippen molar-refractivity contribution in [2.45, 2.75) is 6.29 Å². The monoisotopic (exact) mass is 280 g/mol. The summed E-state index contributed by atoms with van der Waals surface area (Å²) in [5.74, 6) is -0.372. The predicted octanol–water partition coefficient (Wildman–Crippen LogP) is 3.29. The van der Waals surface area contributed by atoms with E-state index in [2.05, 4.69) is 15.9 Å². The molecule has 1 aromatic carbocycles. The lowest BCUT2D eigenvalue weighted by Gasteiger charge is -2.11. The molecular weight excluding hydrogens is 274 g/mol. The molecule has 0 spiro atoms. The highest BCUT2D eigenvalue weighted by atomic mass is 79.9. The maximum absolute atomic E-state index is 13.2. The average molecular weight is 282 g/mol. The summed E-state index contributed by atoms with van der Waals surface area (Å²) in [4.78, 5) is 0. The van der Waals surface area contributed by atoms with E-state index in [1.54, 1.807) is 0 Å². The standard InChI is InChI=1S/C9H7BrClFO2/c10-6-4-7(11)5(3-8(6)12)9-13-1-2-14-9/h3-4,9H,1-2H2. The van der Waals surface area contributed by atoms with Crippen molar-refractivity contribution in [2.75, 3.05) is 13.2 Å². The Labute approximate surface area is 94.1 Å². The van der Waals surface area contributed by atoms with Crippen molar-refractivity contribution in [3.05, 3.63) is 33.0 Å². The van der Waals surface area contributed by atoms with Crippen molar-refractivity contribution < 1.29 is 13.9 Å². The molecule has 1 aromatic rings. The summed E-state index contributed by atoms with van der Waals surface area (Å²) in [5, 5.41) is 0.435. The maximum Gasteiger partial charge on any atom is 0.185 e. The van der Waals surface area contributed by atoms with E-state index in [-0.39, 0.29) is 5.82 Å². The fourth-order valence-electron chi connectivity index (χ4n) is 1.26. The summed E-state index contributed by atoms with van der Waals surface area (Å²) in [6.07, 6.45) is -0.537. The zero-order valence-electron chi connectivity index (χ0n) is 7.10. The lowest BCUT2D eigenvalue weighted by Crippen LogP contribution is -2.00. The number of benzene rings is 1. The predicted molar refractivity (Wildman–Crippen MR) is 53.8 cm³/mol. The number of hydrogen-bond donors (Lipinski definition) is 0. The molecule has 0 amide bonds. The van der Waals surface area contributed by atoms with Crippen molar-refractivity contribution >= 4 is 27.5 Å². The van der Waals surface area contributed by atoms with Crippen LogP contribution < -0.4 is 0 Å². The molecule has 1 fully saturated rings. The van der Waals surface area contributed by atoms with E-state index in [4.69, 9.17) is 21.1 Å². The highest BCUT2D eigenvalue weighted by Crippen LogP contribution is 2.32. The highest BCUT2D eigenvalue weighted by Gasteiger charge is 2.22. The van der Waals surface area contributed by atoms with Crippen LogP contribution in [-0.2, 0) is 9.47 Å². The van der Waals surface area contributed by atoms with E-state index < -0.39 is 6.29 Å². The number of hydrogen-bond acceptors (Lipinski definition) is 2. The van der Waals surface area contributed by atoms with E-state index >= 15 is 0 Å². The number of ether oxygens (including phenoxy) is 2. The molecule has 2 rings (SSSR count). The van der Waals surface area contributed by atoms with Crippen molar-refractivity contribution in [1.82, 2.24) is 0 Å². The Hall–Kier alpha value is -0.160. The molecule has 1 heterocycles. The molecule has 1 aliphatic heterocycles. The van der Waals surface area contributed by atoms with Crippen LogP contribution in [-0.4, -0.2) is 13.2 Å². The van der Waals surface area contributed by atoms with E-state index in [0.29, 0.717) is 28.3 Å². The minimum Gasteiger partial charge on any atom is -0.346 e. The summed E-state index contributed by atoms with van der Waals surface area (Å²) < 4.78 is 24.0. The molecule has 0 unspecified atom stereocenters. The molecule has 76 valence electrons. The zero-order chi connectivity index (χ0) is 10.1. The molecule has 0 saturated carbocycles. The highest BCUT2D eigenvalue weighted by molar-refractivity contribution is 9.10. The first-order chi connectivity index (χ1) is 6.68. The van der Waals surface area contributed by atoms with Crippen molar-refractivity contribution in [3.63, 3.8) is 0 Å². The molecule has 2 nitrogen and oxygen atoms in total. The van der Waals surface area contributed by atoms with E-state index in [9.17, 15) is 4.39 Å². The van der Waals surface area contributed by atoms with Gasteiger partial charge < -0.3 is 9.47 Å². The van der Waals surface area contributed by atoms with Crippen molar-refractivity contribution in [2.24, 2.45) is 0 Å². The summed E-state index contributed by atoms with van der Waals surface area (Å²) in [6, 6.07) is 2.82. The first-order valence-electron chi connectivity index (χ1n) is 4.06. The van der Waals surface area contributed by atoms with Crippen molar-refractivity contribution in [1.29, 1.82) is 0 Å². The SMILES string of the molecule is Fc1cc(C2OCCO2)c(Cl)cc1Br. The topological polar surface area (TPSA) is 18.5 Å². The second-order valence-electron chi connectivity index (χ2n) is 2.86. The minimum absolute atomic E-state index is 0.337. The molecule has 0 aliphatic carbocycles. The van der Waals surface area contributed by atoms with Gasteiger partial charge in [-0.1, -0.05) is 11.6 Å². The van der Waals surface area contributed by atoms with Crippen LogP contribution in [0, 0.1) is 5.82 Å². The lowest BCUT2D eigenvalue weighted by atomic mass is 10.2. The third-order valence-electron chi connectivity index (χ3n) is 1.92. The largest absolute Gasteiger partial charge is 0.346 e. The van der Waals surface area contributed by atoms with E-state index in [1.807, 2.05) is 0 Å². The van der Waals surface area contributed by atoms with Gasteiger partial charge in [-0.15, -0.1) is 0 Å². The number of halogens is 3. The fraction of sp³-hybridized carbons (Fsp3) is 0.333. The Balaban J connectivity index is 2.37. The Kier molecular flexibility index (Phi) is 3.07. The first kappa shape index (κ1) is 10.4. The summed E-state index contributed by atoms with van der Waals surface area (Å²) in [5.41, 5.74) is 0.532. The molecule has 14 heavy (non-hydrogen) atoms. The molecule has 0 N–H and O–H groups in total. The molecule has 0 aromatic heterocycles. The van der Waals surface area contributed by atoms with Gasteiger partial charge in [-0.2, -0.15) is 0 Å². The normalized spacial score (nSPS) is 17.6. The Morgan fingerprint density at radius 1 is 1.36 bits per heavy atom. The van der Waals surface area contributed by atoms with Crippen LogP contribution >= 0.6 is 27.5 Å². The van der Waals surface area contributed by atoms with Crippen LogP contribution in [0.5, 0.6) is 0 Å². The quantitative estimate of drug-likeness (QED) is 0.736. The van der Waals surface area contributed by atoms with Crippen LogP contribution in [0.3, 0.4) is 0 Å². The fourth-order valence-corrected chi connectivity index (χ4v) is 1.98. The maximum atomic E-state index is 13.2. The van der Waals surface area contributed by atoms with Gasteiger partial charge in [0.2, 0.25) is 0 Å². The van der Waals surface area contributed by atoms with Gasteiger partial charge in [0.05, 0.1) is 22.7 Å². The van der Waals surface area contributed by atoms with Crippen LogP contribution in [0.1, 0.15) is 11.9 Å². The molecule has 5 heteroatoms. The Morgan fingerprint density at radius 3 is 2.64 bits per heavy atom. The third-order valence-corrected chi connectivity index (χ3v) is 2.85. The summed E-state index contributed by atoms with van der Waals surface area (Å²) >= 11 is 8.97. The molecule has 1 aliphatic rings. The smallest absolute Gasteiger partial charge is 0.185 e. The summed E-state index contributed by atoms with van der Waals surface area (Å²) in [6.45, 7) is 1.03. The van der Waals surface area contributed by atoms with Gasteiger partial charge in [0.25, 0.3) is 0 Å². The van der Waals surface area contributed by atoms with E-state index in [0.717, 1.165) is 0 Å². The van der Waals surface area contributed by atoms with Gasteiger partial charge in [0.1, 0.15) is 5.82 Å². The molecule has 1 saturated heterocycles. The third kappa shape index (κ3) is 1.93. The molecular formula is C9H7BrClFO2. The first-order valence-corrected chi connectivity index (χ1v) is 5.23. The lowest BCUT2D eigenvalue weighted by molar-refractivity contribution is -0.0442. The Bertz CT molecular complexity index is 353. The van der Waals surface area contributed by atoms with Crippen LogP contribution in [0.15, 0.2) is 16.6 Å². The van der Waals surface area contributed by atoms with Gasteiger partial charge in [0, 0.05) is 5.56 Å². The molecule has 0 bridgehead atoms. The zero-order valence-corrected chi connectivity index (χ0v) is 9.44. The average Bonchev–Trinajstić information content (AvgIpc) is 2.64. The van der Waals surface area contributed by atoms with Gasteiger partial charge in [-0.05, 0) is 28.1 Å². The van der Waals surface area contributed by atoms with Gasteiger partial charge in [-0.25, -0.2) is 4.39 Å². The van der Waals surface area contributed by atoms with Crippen LogP contribution in [0.2, 0.25) is 5.02 Å². The second-order valence-corrected chi connectivity index (χ2v) is 4.12. The molecule has 0 atom stereocenters. The number of rotatable bonds is 1. The van der Waals surface area contributed by atoms with Crippen LogP contribution in [0.25, 0.3) is 0 Å². The van der Waals surface area contributed by atoms with E-state index in [1.165, 1.54) is 12.1 Å². The van der Waals surface area contributed by atoms with Crippen molar-refractivity contribution in [3.8, 4) is 0 Å².